The Bertz CT molecular complexity index is 1400. The van der Waals surface area contributed by atoms with Gasteiger partial charge in [0.25, 0.3) is 0 Å². The monoisotopic (exact) mass is 669 g/mol. The van der Waals surface area contributed by atoms with Crippen molar-refractivity contribution in [2.45, 2.75) is 115 Å². The highest BCUT2D eigenvalue weighted by Gasteiger charge is 2.55. The molecule has 8 nitrogen and oxygen atoms in total. The summed E-state index contributed by atoms with van der Waals surface area (Å²) in [7, 11) is -4.36. The van der Waals surface area contributed by atoms with Crippen molar-refractivity contribution in [2.75, 3.05) is 19.8 Å². The molecule has 0 radical (unpaired) electrons. The molecule has 0 aromatic heterocycles. The fraction of sp³-hybridized carbons (Fsp3) is 0.733. The molecule has 1 saturated carbocycles. The number of nitrogens with zero attached hydrogens (tertiary/aromatic N) is 2. The number of nitrogens with one attached hydrogen (secondary N) is 1. The molecule has 2 heterocycles. The molecule has 0 spiro atoms. The van der Waals surface area contributed by atoms with Crippen molar-refractivity contribution < 1.29 is 49.1 Å². The molecule has 1 saturated heterocycles. The molecule has 1 unspecified atom stereocenters. The van der Waals surface area contributed by atoms with E-state index < -0.39 is 67.7 Å². The molecule has 2 aliphatic heterocycles. The highest BCUT2D eigenvalue weighted by molar-refractivity contribution is 7.89. The van der Waals surface area contributed by atoms with E-state index in [2.05, 4.69) is 4.72 Å². The Morgan fingerprint density at radius 1 is 1.02 bits per heavy atom. The van der Waals surface area contributed by atoms with Gasteiger partial charge in [0, 0.05) is 43.9 Å². The summed E-state index contributed by atoms with van der Waals surface area (Å²) in [6.07, 6.45) is -9.18. The zero-order chi connectivity index (χ0) is 33.8. The molecule has 1 aromatic carbocycles. The lowest BCUT2D eigenvalue weighted by molar-refractivity contribution is -0.192. The molecule has 15 heteroatoms. The minimum Gasteiger partial charge on any atom is -0.381 e. The second-order valence-electron chi connectivity index (χ2n) is 13.7. The van der Waals surface area contributed by atoms with Crippen molar-refractivity contribution >= 4 is 21.8 Å². The van der Waals surface area contributed by atoms with Gasteiger partial charge in [0.15, 0.2) is 0 Å². The normalized spacial score (nSPS) is 23.7. The Labute approximate surface area is 259 Å². The zero-order valence-electron chi connectivity index (χ0n) is 26.1. The number of sulfonamides is 1. The standard InChI is InChI=1S/C30H41F6N3O5S/c1-18(2)28(10-6-22(16-28)39(26(41)30(34,35)36)21-8-12-44-13-9-21)25(40)38-11-7-23-19(17-38)14-20(29(31,32)33)15-24(23)45(42,43)37-27(3,4)5/h14-15,18,21-22,37H,6-13,16-17H2,1-5H3/t22?,28-/m0/s1. The SMILES string of the molecule is CC(C)[C@]1(C(=O)N2CCc3c(cc(C(F)(F)F)cc3S(=O)(=O)NC(C)(C)C)C2)CCC(N(C(=O)C(F)(F)F)C2CCOCC2)C1. The molecule has 1 aliphatic carbocycles. The van der Waals surface area contributed by atoms with E-state index in [0.29, 0.717) is 6.07 Å². The lowest BCUT2D eigenvalue weighted by atomic mass is 9.73. The summed E-state index contributed by atoms with van der Waals surface area (Å²) in [6, 6.07) is -0.0769. The van der Waals surface area contributed by atoms with Gasteiger partial charge in [-0.25, -0.2) is 13.1 Å². The summed E-state index contributed by atoms with van der Waals surface area (Å²) in [5.74, 6) is -2.73. The predicted octanol–water partition coefficient (Wildman–Crippen LogP) is 5.43. The number of halogens is 6. The first-order valence-corrected chi connectivity index (χ1v) is 16.6. The van der Waals surface area contributed by atoms with Crippen LogP contribution in [0.4, 0.5) is 26.3 Å². The van der Waals surface area contributed by atoms with E-state index in [4.69, 9.17) is 4.74 Å². The topological polar surface area (TPSA) is 96.0 Å². The van der Waals surface area contributed by atoms with Gasteiger partial charge in [-0.2, -0.15) is 26.3 Å². The molecule has 3 aliphatic rings. The third-order valence-corrected chi connectivity index (χ3v) is 11.0. The van der Waals surface area contributed by atoms with Gasteiger partial charge in [-0.15, -0.1) is 0 Å². The van der Waals surface area contributed by atoms with Crippen molar-refractivity contribution in [2.24, 2.45) is 11.3 Å². The van der Waals surface area contributed by atoms with E-state index in [-0.39, 0.29) is 81.9 Å². The number of ether oxygens (including phenoxy) is 1. The van der Waals surface area contributed by atoms with Gasteiger partial charge < -0.3 is 14.5 Å². The molecule has 45 heavy (non-hydrogen) atoms. The Morgan fingerprint density at radius 2 is 1.64 bits per heavy atom. The highest BCUT2D eigenvalue weighted by Crippen LogP contribution is 2.49. The summed E-state index contributed by atoms with van der Waals surface area (Å²) < 4.78 is 117. The fourth-order valence-electron chi connectivity index (χ4n) is 7.00. The highest BCUT2D eigenvalue weighted by atomic mass is 32.2. The Morgan fingerprint density at radius 3 is 2.18 bits per heavy atom. The Kier molecular flexibility index (Phi) is 9.72. The van der Waals surface area contributed by atoms with Crippen LogP contribution >= 0.6 is 0 Å². The van der Waals surface area contributed by atoms with Crippen molar-refractivity contribution in [1.29, 1.82) is 0 Å². The first-order valence-electron chi connectivity index (χ1n) is 15.1. The number of rotatable bonds is 6. The molecule has 4 rings (SSSR count). The van der Waals surface area contributed by atoms with Crippen LogP contribution in [0.3, 0.4) is 0 Å². The van der Waals surface area contributed by atoms with Crippen LogP contribution in [0, 0.1) is 11.3 Å². The molecular weight excluding hydrogens is 628 g/mol. The fourth-order valence-corrected chi connectivity index (χ4v) is 8.76. The maximum absolute atomic E-state index is 14.3. The minimum absolute atomic E-state index is 0.0134. The average molecular weight is 670 g/mol. The van der Waals surface area contributed by atoms with Crippen molar-refractivity contribution in [3.8, 4) is 0 Å². The summed E-state index contributed by atoms with van der Waals surface area (Å²) in [6.45, 7) is 8.39. The first-order chi connectivity index (χ1) is 20.6. The summed E-state index contributed by atoms with van der Waals surface area (Å²) in [5.41, 5.74) is -3.06. The van der Waals surface area contributed by atoms with E-state index in [1.807, 2.05) is 0 Å². The minimum atomic E-state index is -5.10. The third kappa shape index (κ3) is 7.45. The molecule has 1 aromatic rings. The van der Waals surface area contributed by atoms with Crippen LogP contribution < -0.4 is 4.72 Å². The number of alkyl halides is 6. The molecule has 2 amide bonds. The van der Waals surface area contributed by atoms with Gasteiger partial charge in [-0.3, -0.25) is 9.59 Å². The number of carbonyl (C=O) groups is 2. The Balaban J connectivity index is 1.68. The molecular formula is C30H41F6N3O5S. The van der Waals surface area contributed by atoms with Crippen LogP contribution in [0.2, 0.25) is 0 Å². The van der Waals surface area contributed by atoms with Gasteiger partial charge >= 0.3 is 18.3 Å². The van der Waals surface area contributed by atoms with Crippen molar-refractivity contribution in [3.05, 3.63) is 28.8 Å². The van der Waals surface area contributed by atoms with Crippen LogP contribution in [0.15, 0.2) is 17.0 Å². The van der Waals surface area contributed by atoms with Crippen molar-refractivity contribution in [3.63, 3.8) is 0 Å². The smallest absolute Gasteiger partial charge is 0.381 e. The maximum Gasteiger partial charge on any atom is 0.471 e. The first kappa shape index (κ1) is 35.5. The van der Waals surface area contributed by atoms with Gasteiger partial charge in [0.05, 0.1) is 15.9 Å². The van der Waals surface area contributed by atoms with Gasteiger partial charge in [-0.1, -0.05) is 13.8 Å². The second kappa shape index (κ2) is 12.3. The Hall–Kier alpha value is -2.39. The predicted molar refractivity (Wildman–Crippen MR) is 152 cm³/mol. The number of carbonyl (C=O) groups excluding carboxylic acids is 2. The van der Waals surface area contributed by atoms with Gasteiger partial charge in [0.1, 0.15) is 0 Å². The second-order valence-corrected chi connectivity index (χ2v) is 15.4. The van der Waals surface area contributed by atoms with E-state index in [1.54, 1.807) is 34.6 Å². The zero-order valence-corrected chi connectivity index (χ0v) is 26.9. The summed E-state index contributed by atoms with van der Waals surface area (Å²) in [5, 5.41) is 0. The van der Waals surface area contributed by atoms with Crippen LogP contribution in [0.25, 0.3) is 0 Å². The largest absolute Gasteiger partial charge is 0.471 e. The lowest BCUT2D eigenvalue weighted by Gasteiger charge is -2.42. The van der Waals surface area contributed by atoms with E-state index in [0.717, 1.165) is 11.0 Å². The van der Waals surface area contributed by atoms with Gasteiger partial charge in [-0.05, 0) is 88.5 Å². The van der Waals surface area contributed by atoms with Crippen LogP contribution in [0.1, 0.15) is 83.4 Å². The summed E-state index contributed by atoms with van der Waals surface area (Å²) in [4.78, 5) is 28.7. The van der Waals surface area contributed by atoms with Gasteiger partial charge in [0.2, 0.25) is 15.9 Å². The van der Waals surface area contributed by atoms with E-state index >= 15 is 0 Å². The quantitative estimate of drug-likeness (QED) is 0.408. The average Bonchev–Trinajstić information content (AvgIpc) is 3.36. The van der Waals surface area contributed by atoms with E-state index in [1.165, 1.54) is 4.90 Å². The van der Waals surface area contributed by atoms with Crippen molar-refractivity contribution in [1.82, 2.24) is 14.5 Å². The van der Waals surface area contributed by atoms with E-state index in [9.17, 15) is 44.3 Å². The number of hydrogen-bond donors (Lipinski definition) is 1. The number of fused-ring (bicyclic) bond motifs is 1. The summed E-state index contributed by atoms with van der Waals surface area (Å²) >= 11 is 0. The molecule has 2 fully saturated rings. The molecule has 2 atom stereocenters. The molecule has 254 valence electrons. The molecule has 0 bridgehead atoms. The van der Waals surface area contributed by atoms with Crippen LogP contribution in [0.5, 0.6) is 0 Å². The lowest BCUT2D eigenvalue weighted by Crippen LogP contribution is -2.54. The molecule has 1 N–H and O–H groups in total. The number of benzene rings is 1. The number of amides is 2. The maximum atomic E-state index is 14.3. The van der Waals surface area contributed by atoms with Crippen LogP contribution in [-0.2, 0) is 43.5 Å². The third-order valence-electron chi connectivity index (χ3n) is 9.15. The number of hydrogen-bond acceptors (Lipinski definition) is 5. The van der Waals surface area contributed by atoms with Crippen LogP contribution in [-0.4, -0.2) is 73.6 Å².